The van der Waals surface area contributed by atoms with Gasteiger partial charge in [0.05, 0.1) is 21.7 Å². The number of non-ortho nitro benzene ring substituents is 1. The third-order valence-corrected chi connectivity index (χ3v) is 4.98. The Labute approximate surface area is 175 Å². The molecule has 0 radical (unpaired) electrons. The van der Waals surface area contributed by atoms with Gasteiger partial charge in [0, 0.05) is 28.8 Å². The fourth-order valence-electron chi connectivity index (χ4n) is 3.41. The van der Waals surface area contributed by atoms with Crippen LogP contribution in [0.1, 0.15) is 53.9 Å². The number of rotatable bonds is 5. The van der Waals surface area contributed by atoms with Crippen molar-refractivity contribution in [2.45, 2.75) is 6.92 Å². The summed E-state index contributed by atoms with van der Waals surface area (Å²) in [5.41, 5.74) is 0.788. The van der Waals surface area contributed by atoms with E-state index in [1.54, 1.807) is 18.2 Å². The molecular formula is C23H14N2O6. The van der Waals surface area contributed by atoms with Gasteiger partial charge in [0.2, 0.25) is 0 Å². The summed E-state index contributed by atoms with van der Waals surface area (Å²) < 4.78 is 0. The Morgan fingerprint density at radius 3 is 2.16 bits per heavy atom. The Bertz CT molecular complexity index is 1310. The zero-order valence-corrected chi connectivity index (χ0v) is 16.2. The first kappa shape index (κ1) is 19.8. The van der Waals surface area contributed by atoms with Gasteiger partial charge in [0.25, 0.3) is 17.5 Å². The predicted octanol–water partition coefficient (Wildman–Crippen LogP) is 3.83. The lowest BCUT2D eigenvalue weighted by atomic mass is 9.99. The van der Waals surface area contributed by atoms with Crippen molar-refractivity contribution in [3.05, 3.63) is 105 Å². The Morgan fingerprint density at radius 1 is 0.806 bits per heavy atom. The molecule has 0 aromatic heterocycles. The van der Waals surface area contributed by atoms with Crippen LogP contribution in [0.3, 0.4) is 0 Å². The van der Waals surface area contributed by atoms with Gasteiger partial charge in [-0.15, -0.1) is 0 Å². The van der Waals surface area contributed by atoms with Crippen LogP contribution in [0.15, 0.2) is 66.7 Å². The quantitative estimate of drug-likeness (QED) is 0.271. The highest BCUT2D eigenvalue weighted by Gasteiger charge is 2.37. The van der Waals surface area contributed by atoms with Gasteiger partial charge in [-0.3, -0.25) is 29.3 Å². The lowest BCUT2D eigenvalue weighted by Crippen LogP contribution is -2.29. The molecule has 0 saturated heterocycles. The maximum Gasteiger partial charge on any atom is 0.270 e. The minimum atomic E-state index is -0.616. The molecule has 31 heavy (non-hydrogen) atoms. The van der Waals surface area contributed by atoms with Gasteiger partial charge in [0.15, 0.2) is 11.6 Å². The molecule has 0 atom stereocenters. The Kier molecular flexibility index (Phi) is 4.75. The van der Waals surface area contributed by atoms with Gasteiger partial charge in [-0.25, -0.2) is 4.90 Å². The Morgan fingerprint density at radius 2 is 1.45 bits per heavy atom. The normalized spacial score (nSPS) is 12.6. The van der Waals surface area contributed by atoms with Crippen molar-refractivity contribution >= 4 is 34.8 Å². The molecule has 3 aromatic rings. The first-order chi connectivity index (χ1) is 14.8. The van der Waals surface area contributed by atoms with E-state index in [1.165, 1.54) is 49.4 Å². The fraction of sp³-hybridized carbons (Fsp3) is 0.0435. The Hall–Kier alpha value is -4.46. The minimum Gasteiger partial charge on any atom is -0.295 e. The minimum absolute atomic E-state index is 0.0505. The van der Waals surface area contributed by atoms with E-state index in [2.05, 4.69) is 0 Å². The number of carbonyl (C=O) groups is 4. The molecule has 1 aliphatic rings. The first-order valence-electron chi connectivity index (χ1n) is 9.21. The van der Waals surface area contributed by atoms with E-state index in [9.17, 15) is 29.3 Å². The summed E-state index contributed by atoms with van der Waals surface area (Å²) >= 11 is 0. The molecular weight excluding hydrogens is 400 g/mol. The molecule has 8 nitrogen and oxygen atoms in total. The lowest BCUT2D eigenvalue weighted by molar-refractivity contribution is -0.384. The molecule has 0 N–H and O–H groups in total. The van der Waals surface area contributed by atoms with Crippen molar-refractivity contribution in [2.75, 3.05) is 4.90 Å². The molecule has 0 spiro atoms. The van der Waals surface area contributed by atoms with Crippen LogP contribution in [-0.4, -0.2) is 28.3 Å². The number of carbonyl (C=O) groups excluding carboxylic acids is 4. The van der Waals surface area contributed by atoms with E-state index >= 15 is 0 Å². The number of nitro groups is 1. The third-order valence-electron chi connectivity index (χ3n) is 4.98. The summed E-state index contributed by atoms with van der Waals surface area (Å²) in [6, 6.07) is 15.5. The molecule has 4 rings (SSSR count). The SMILES string of the molecule is CC(=O)c1cccc(N2C(=O)c3ccc(C(=O)c4cccc([N+](=O)[O-])c4)cc3C2=O)c1. The van der Waals surface area contributed by atoms with Gasteiger partial charge in [-0.2, -0.15) is 0 Å². The van der Waals surface area contributed by atoms with Gasteiger partial charge in [-0.1, -0.05) is 30.3 Å². The largest absolute Gasteiger partial charge is 0.295 e. The summed E-state index contributed by atoms with van der Waals surface area (Å²) in [6.07, 6.45) is 0. The molecule has 8 heteroatoms. The Balaban J connectivity index is 1.71. The highest BCUT2D eigenvalue weighted by Crippen LogP contribution is 2.30. The third kappa shape index (κ3) is 3.40. The van der Waals surface area contributed by atoms with Gasteiger partial charge in [0.1, 0.15) is 0 Å². The van der Waals surface area contributed by atoms with Crippen molar-refractivity contribution < 1.29 is 24.1 Å². The number of fused-ring (bicyclic) bond motifs is 1. The van der Waals surface area contributed by atoms with Crippen LogP contribution in [0.4, 0.5) is 11.4 Å². The lowest BCUT2D eigenvalue weighted by Gasteiger charge is -2.14. The number of hydrogen-bond donors (Lipinski definition) is 0. The van der Waals surface area contributed by atoms with E-state index < -0.39 is 22.5 Å². The molecule has 2 amide bonds. The predicted molar refractivity (Wildman–Crippen MR) is 111 cm³/mol. The molecule has 1 aliphatic heterocycles. The molecule has 0 aliphatic carbocycles. The first-order valence-corrected chi connectivity index (χ1v) is 9.21. The molecule has 1 heterocycles. The fourth-order valence-corrected chi connectivity index (χ4v) is 3.41. The molecule has 152 valence electrons. The van der Waals surface area contributed by atoms with Crippen molar-refractivity contribution in [3.63, 3.8) is 0 Å². The van der Waals surface area contributed by atoms with Crippen LogP contribution in [0.25, 0.3) is 0 Å². The van der Waals surface area contributed by atoms with Crippen LogP contribution in [-0.2, 0) is 0 Å². The van der Waals surface area contributed by atoms with Crippen molar-refractivity contribution in [1.82, 2.24) is 0 Å². The summed E-state index contributed by atoms with van der Waals surface area (Å²) in [7, 11) is 0. The van der Waals surface area contributed by atoms with Crippen LogP contribution >= 0.6 is 0 Å². The number of benzene rings is 3. The maximum atomic E-state index is 13.0. The van der Waals surface area contributed by atoms with E-state index in [4.69, 9.17) is 0 Å². The highest BCUT2D eigenvalue weighted by atomic mass is 16.6. The van der Waals surface area contributed by atoms with E-state index in [0.717, 1.165) is 11.0 Å². The molecule has 0 saturated carbocycles. The second-order valence-electron chi connectivity index (χ2n) is 6.95. The summed E-state index contributed by atoms with van der Waals surface area (Å²) in [4.78, 5) is 61.6. The topological polar surface area (TPSA) is 115 Å². The highest BCUT2D eigenvalue weighted by molar-refractivity contribution is 6.35. The van der Waals surface area contributed by atoms with Gasteiger partial charge >= 0.3 is 0 Å². The van der Waals surface area contributed by atoms with Crippen LogP contribution in [0, 0.1) is 10.1 Å². The van der Waals surface area contributed by atoms with Crippen LogP contribution in [0.2, 0.25) is 0 Å². The molecule has 0 bridgehead atoms. The average molecular weight is 414 g/mol. The zero-order chi connectivity index (χ0) is 22.3. The van der Waals surface area contributed by atoms with Gasteiger partial charge < -0.3 is 0 Å². The summed E-state index contributed by atoms with van der Waals surface area (Å²) in [6.45, 7) is 1.38. The van der Waals surface area contributed by atoms with Crippen molar-refractivity contribution in [3.8, 4) is 0 Å². The number of nitrogens with zero attached hydrogens (tertiary/aromatic N) is 2. The smallest absolute Gasteiger partial charge is 0.270 e. The second-order valence-corrected chi connectivity index (χ2v) is 6.95. The summed E-state index contributed by atoms with van der Waals surface area (Å²) in [5, 5.41) is 11.0. The van der Waals surface area contributed by atoms with E-state index in [0.29, 0.717) is 5.56 Å². The zero-order valence-electron chi connectivity index (χ0n) is 16.2. The average Bonchev–Trinajstić information content (AvgIpc) is 3.02. The molecule has 0 fully saturated rings. The van der Waals surface area contributed by atoms with Gasteiger partial charge in [-0.05, 0) is 31.2 Å². The van der Waals surface area contributed by atoms with Crippen LogP contribution in [0.5, 0.6) is 0 Å². The monoisotopic (exact) mass is 414 g/mol. The second kappa shape index (κ2) is 7.42. The molecule has 0 unspecified atom stereocenters. The number of anilines is 1. The summed E-state index contributed by atoms with van der Waals surface area (Å²) in [5.74, 6) is -1.89. The number of ketones is 2. The molecule has 3 aromatic carbocycles. The number of Topliss-reactive ketones (excluding diaryl/α,β-unsaturated/α-hetero) is 1. The number of hydrogen-bond acceptors (Lipinski definition) is 6. The maximum absolute atomic E-state index is 13.0. The number of amides is 2. The number of nitro benzene ring substituents is 1. The standard InChI is InChI=1S/C23H14N2O6/c1-13(26)14-4-2-6-17(10-14)24-22(28)19-9-8-16(12-20(19)23(24)29)21(27)15-5-3-7-18(11-15)25(30)31/h2-12H,1H3. The van der Waals surface area contributed by atoms with Crippen LogP contribution < -0.4 is 4.90 Å². The van der Waals surface area contributed by atoms with Crippen molar-refractivity contribution in [2.24, 2.45) is 0 Å². The number of imide groups is 1. The van der Waals surface area contributed by atoms with Crippen molar-refractivity contribution in [1.29, 1.82) is 0 Å². The van der Waals surface area contributed by atoms with E-state index in [1.807, 2.05) is 0 Å². The van der Waals surface area contributed by atoms with E-state index in [-0.39, 0.29) is 39.4 Å².